The fourth-order valence-electron chi connectivity index (χ4n) is 2.73. The number of hydrogen-bond acceptors (Lipinski definition) is 5. The van der Waals surface area contributed by atoms with Crippen LogP contribution in [-0.2, 0) is 19.1 Å². The molecule has 0 spiro atoms. The van der Waals surface area contributed by atoms with Crippen LogP contribution in [0, 0.1) is 5.41 Å². The van der Waals surface area contributed by atoms with Crippen molar-refractivity contribution < 1.29 is 31.5 Å². The van der Waals surface area contributed by atoms with E-state index in [1.165, 1.54) is 6.42 Å². The van der Waals surface area contributed by atoms with Crippen molar-refractivity contribution in [3.8, 4) is 0 Å². The van der Waals surface area contributed by atoms with Gasteiger partial charge in [0.15, 0.2) is 5.41 Å². The first-order chi connectivity index (χ1) is 10.1. The zero-order valence-electron chi connectivity index (χ0n) is 13.6. The maximum absolute atomic E-state index is 12.4. The fraction of sp³-hybridized carbons (Fsp3) is 0.750. The van der Waals surface area contributed by atoms with E-state index >= 15 is 0 Å². The van der Waals surface area contributed by atoms with Gasteiger partial charge >= 0.3 is 11.9 Å². The maximum Gasteiger partial charge on any atom is 0.325 e. The molecule has 0 radical (unpaired) electrons. The topological polar surface area (TPSA) is 55.8 Å². The summed E-state index contributed by atoms with van der Waals surface area (Å²) in [5, 5.41) is 0. The molecule has 0 aromatic heterocycles. The summed E-state index contributed by atoms with van der Waals surface area (Å²) in [5.41, 5.74) is -1.29. The molecule has 0 unspecified atom stereocenters. The molecule has 128 valence electrons. The van der Waals surface area contributed by atoms with Crippen LogP contribution >= 0.6 is 0 Å². The number of rotatable bonds is 8. The van der Waals surface area contributed by atoms with Gasteiger partial charge in [0, 0.05) is 6.54 Å². The Bertz CT molecular complexity index is 349. The van der Waals surface area contributed by atoms with Gasteiger partial charge in [-0.25, -0.2) is 0 Å². The number of likely N-dealkylation sites (tertiary alicyclic amines) is 1. The quantitative estimate of drug-likeness (QED) is 0.330. The van der Waals surface area contributed by atoms with Crippen molar-refractivity contribution >= 4 is 11.9 Å². The zero-order valence-corrected chi connectivity index (χ0v) is 14.4. The van der Waals surface area contributed by atoms with Crippen LogP contribution in [-0.4, -0.2) is 49.7 Å². The number of carbonyl (C=O) groups excluding carboxylic acids is 2. The lowest BCUT2D eigenvalue weighted by Gasteiger charge is -2.35. The number of carbonyl (C=O) groups is 2. The van der Waals surface area contributed by atoms with E-state index in [1.807, 2.05) is 0 Å². The molecule has 1 rings (SSSR count). The summed E-state index contributed by atoms with van der Waals surface area (Å²) in [4.78, 5) is 27.0. The normalized spacial score (nSPS) is 15.5. The van der Waals surface area contributed by atoms with Crippen LogP contribution in [0.25, 0.3) is 0 Å². The van der Waals surface area contributed by atoms with E-state index in [2.05, 4.69) is 11.5 Å². The predicted octanol–water partition coefficient (Wildman–Crippen LogP) is -0.835. The van der Waals surface area contributed by atoms with Crippen molar-refractivity contribution in [2.24, 2.45) is 5.41 Å². The first-order valence-corrected chi connectivity index (χ1v) is 7.78. The SMILES string of the molecule is C=CCC(CN1CCCCC1)(C(=O)OCC)C(=O)OCC.[Cl-]. The summed E-state index contributed by atoms with van der Waals surface area (Å²) in [6.07, 6.45) is 5.22. The van der Waals surface area contributed by atoms with Gasteiger partial charge in [0.2, 0.25) is 0 Å². The second-order valence-electron chi connectivity index (χ2n) is 5.35. The van der Waals surface area contributed by atoms with Gasteiger partial charge in [-0.15, -0.1) is 6.58 Å². The lowest BCUT2D eigenvalue weighted by molar-refractivity contribution is -0.173. The average molecular weight is 333 g/mol. The Morgan fingerprint density at radius 2 is 1.59 bits per heavy atom. The number of nitrogens with zero attached hydrogens (tertiary/aromatic N) is 1. The van der Waals surface area contributed by atoms with Crippen LogP contribution in [0.15, 0.2) is 12.7 Å². The van der Waals surface area contributed by atoms with E-state index in [0.29, 0.717) is 6.54 Å². The summed E-state index contributed by atoms with van der Waals surface area (Å²) < 4.78 is 10.3. The number of piperidine rings is 1. The highest BCUT2D eigenvalue weighted by Crippen LogP contribution is 2.29. The largest absolute Gasteiger partial charge is 1.00 e. The standard InChI is InChI=1S/C16H27NO4.ClH/c1-4-10-16(14(18)20-5-2,15(19)21-6-3)13-17-11-8-7-9-12-17;/h4H,1,5-13H2,2-3H3;1H/p-1. The van der Waals surface area contributed by atoms with Gasteiger partial charge < -0.3 is 26.8 Å². The lowest BCUT2D eigenvalue weighted by atomic mass is 9.83. The van der Waals surface area contributed by atoms with E-state index in [1.54, 1.807) is 19.9 Å². The Morgan fingerprint density at radius 3 is 2.00 bits per heavy atom. The maximum atomic E-state index is 12.4. The van der Waals surface area contributed by atoms with Crippen LogP contribution in [0.1, 0.15) is 39.5 Å². The third-order valence-electron chi connectivity index (χ3n) is 3.77. The average Bonchev–Trinajstić information content (AvgIpc) is 2.48. The van der Waals surface area contributed by atoms with Crippen LogP contribution in [0.4, 0.5) is 0 Å². The number of ether oxygens (including phenoxy) is 2. The van der Waals surface area contributed by atoms with E-state index in [4.69, 9.17) is 9.47 Å². The Morgan fingerprint density at radius 1 is 1.09 bits per heavy atom. The van der Waals surface area contributed by atoms with Crippen LogP contribution < -0.4 is 12.4 Å². The minimum atomic E-state index is -1.29. The molecule has 0 aliphatic carbocycles. The lowest BCUT2D eigenvalue weighted by Crippen LogP contribution is -3.00. The molecule has 5 nitrogen and oxygen atoms in total. The molecule has 1 heterocycles. The molecule has 0 aromatic carbocycles. The van der Waals surface area contributed by atoms with Crippen LogP contribution in [0.2, 0.25) is 0 Å². The van der Waals surface area contributed by atoms with Gasteiger partial charge in [-0.2, -0.15) is 0 Å². The van der Waals surface area contributed by atoms with Crippen molar-refractivity contribution in [2.75, 3.05) is 32.8 Å². The Hall–Kier alpha value is -1.07. The van der Waals surface area contributed by atoms with Crippen LogP contribution in [0.3, 0.4) is 0 Å². The van der Waals surface area contributed by atoms with Crippen molar-refractivity contribution in [3.63, 3.8) is 0 Å². The van der Waals surface area contributed by atoms with Crippen molar-refractivity contribution in [2.45, 2.75) is 39.5 Å². The first kappa shape index (κ1) is 20.9. The molecule has 0 amide bonds. The highest BCUT2D eigenvalue weighted by atomic mass is 35.5. The van der Waals surface area contributed by atoms with Gasteiger partial charge in [0.25, 0.3) is 0 Å². The van der Waals surface area contributed by atoms with E-state index in [0.717, 1.165) is 25.9 Å². The van der Waals surface area contributed by atoms with Gasteiger partial charge in [0.1, 0.15) is 0 Å². The van der Waals surface area contributed by atoms with E-state index in [-0.39, 0.29) is 32.0 Å². The Labute approximate surface area is 139 Å². The van der Waals surface area contributed by atoms with Crippen molar-refractivity contribution in [3.05, 3.63) is 12.7 Å². The fourth-order valence-corrected chi connectivity index (χ4v) is 2.73. The van der Waals surface area contributed by atoms with Gasteiger partial charge in [0.05, 0.1) is 13.2 Å². The third kappa shape index (κ3) is 5.29. The minimum absolute atomic E-state index is 0. The molecule has 1 aliphatic heterocycles. The molecule has 0 N–H and O–H groups in total. The minimum Gasteiger partial charge on any atom is -1.00 e. The summed E-state index contributed by atoms with van der Waals surface area (Å²) in [6.45, 7) is 9.81. The number of esters is 2. The highest BCUT2D eigenvalue weighted by molar-refractivity contribution is 6.00. The van der Waals surface area contributed by atoms with E-state index < -0.39 is 17.4 Å². The van der Waals surface area contributed by atoms with Gasteiger partial charge in [-0.05, 0) is 46.2 Å². The van der Waals surface area contributed by atoms with Gasteiger partial charge in [-0.3, -0.25) is 9.59 Å². The summed E-state index contributed by atoms with van der Waals surface area (Å²) in [7, 11) is 0. The second-order valence-corrected chi connectivity index (χ2v) is 5.35. The summed E-state index contributed by atoms with van der Waals surface area (Å²) in [5.74, 6) is -1.01. The van der Waals surface area contributed by atoms with Crippen molar-refractivity contribution in [1.82, 2.24) is 4.90 Å². The summed E-state index contributed by atoms with van der Waals surface area (Å²) >= 11 is 0. The Balaban J connectivity index is 0.00000441. The first-order valence-electron chi connectivity index (χ1n) is 7.78. The number of halogens is 1. The molecule has 6 heteroatoms. The number of hydrogen-bond donors (Lipinski definition) is 0. The molecule has 0 aromatic rings. The summed E-state index contributed by atoms with van der Waals surface area (Å²) in [6, 6.07) is 0. The third-order valence-corrected chi connectivity index (χ3v) is 3.77. The predicted molar refractivity (Wildman–Crippen MR) is 80.8 cm³/mol. The van der Waals surface area contributed by atoms with Gasteiger partial charge in [-0.1, -0.05) is 12.5 Å². The van der Waals surface area contributed by atoms with E-state index in [9.17, 15) is 9.59 Å². The molecular weight excluding hydrogens is 306 g/mol. The molecule has 0 atom stereocenters. The second kappa shape index (κ2) is 10.6. The van der Waals surface area contributed by atoms with Crippen molar-refractivity contribution in [1.29, 1.82) is 0 Å². The van der Waals surface area contributed by atoms with Crippen LogP contribution in [0.5, 0.6) is 0 Å². The molecule has 0 saturated carbocycles. The molecule has 0 bridgehead atoms. The molecule has 1 saturated heterocycles. The zero-order chi connectivity index (χ0) is 15.7. The molecular formula is C16H27ClNO4-. The monoisotopic (exact) mass is 332 g/mol. The number of allylic oxidation sites excluding steroid dienone is 1. The highest BCUT2D eigenvalue weighted by Gasteiger charge is 2.49. The molecule has 1 fully saturated rings. The molecule has 22 heavy (non-hydrogen) atoms. The smallest absolute Gasteiger partial charge is 0.325 e. The Kier molecular flexibility index (Phi) is 10.1. The molecule has 1 aliphatic rings.